The Bertz CT molecular complexity index is 988. The predicted molar refractivity (Wildman–Crippen MR) is 143 cm³/mol. The molecule has 1 N–H and O–H groups in total. The summed E-state index contributed by atoms with van der Waals surface area (Å²) in [7, 11) is 0. The van der Waals surface area contributed by atoms with Crippen LogP contribution in [0.15, 0.2) is 22.8 Å². The summed E-state index contributed by atoms with van der Waals surface area (Å²) in [6.45, 7) is 20.2. The Morgan fingerprint density at radius 2 is 1.72 bits per heavy atom. The van der Waals surface area contributed by atoms with Crippen molar-refractivity contribution in [2.45, 2.75) is 132 Å². The van der Waals surface area contributed by atoms with Gasteiger partial charge in [-0.15, -0.1) is 0 Å². The van der Waals surface area contributed by atoms with E-state index in [1.807, 2.05) is 0 Å². The number of carbonyl (C=O) groups is 1. The van der Waals surface area contributed by atoms with E-state index in [1.54, 1.807) is 11.1 Å². The summed E-state index contributed by atoms with van der Waals surface area (Å²) in [5.41, 5.74) is 5.01. The SMILES string of the molecule is CC(=O)OC1C(C=C(C)C)OC2CC3(C)C4=C(CCC3(C)C2C1C)C1(C)CCC(O)C(C)(C)C1CC4. The number of ether oxygens (including phenoxy) is 2. The van der Waals surface area contributed by atoms with E-state index in [1.165, 1.54) is 25.3 Å². The fourth-order valence-corrected chi connectivity index (χ4v) is 10.4. The van der Waals surface area contributed by atoms with Gasteiger partial charge in [0.05, 0.1) is 12.2 Å². The standard InChI is InChI=1S/C32H50O4/c1-18(2)16-23-28(35-20(4)33)19(3)27-24(36-23)17-32(9)22-10-11-25-29(5,6)26(34)13-14-30(25,7)21(22)12-15-31(27,32)8/h16,19,23-28,34H,10-15,17H2,1-9H3. The number of allylic oxidation sites excluding steroid dienone is 3. The monoisotopic (exact) mass is 498 g/mol. The second-order valence-corrected chi connectivity index (χ2v) is 14.6. The van der Waals surface area contributed by atoms with Crippen LogP contribution in [0.5, 0.6) is 0 Å². The van der Waals surface area contributed by atoms with Crippen molar-refractivity contribution >= 4 is 5.97 Å². The maximum absolute atomic E-state index is 12.1. The van der Waals surface area contributed by atoms with Crippen molar-refractivity contribution in [3.8, 4) is 0 Å². The Labute approximate surface area is 219 Å². The van der Waals surface area contributed by atoms with Gasteiger partial charge in [0, 0.05) is 12.8 Å². The van der Waals surface area contributed by atoms with Gasteiger partial charge in [-0.25, -0.2) is 0 Å². The van der Waals surface area contributed by atoms with Crippen LogP contribution in [0.4, 0.5) is 0 Å². The van der Waals surface area contributed by atoms with Crippen molar-refractivity contribution in [3.05, 3.63) is 22.8 Å². The molecule has 0 aromatic heterocycles. The van der Waals surface area contributed by atoms with Crippen molar-refractivity contribution in [3.63, 3.8) is 0 Å². The molecule has 202 valence electrons. The third-order valence-corrected chi connectivity index (χ3v) is 12.3. The van der Waals surface area contributed by atoms with Gasteiger partial charge in [0.1, 0.15) is 12.2 Å². The van der Waals surface area contributed by atoms with Gasteiger partial charge < -0.3 is 14.6 Å². The first-order chi connectivity index (χ1) is 16.7. The molecule has 3 fully saturated rings. The minimum Gasteiger partial charge on any atom is -0.459 e. The first kappa shape index (κ1) is 26.5. The highest BCUT2D eigenvalue weighted by Crippen LogP contribution is 2.73. The van der Waals surface area contributed by atoms with Gasteiger partial charge in [0.15, 0.2) is 0 Å². The van der Waals surface area contributed by atoms with Crippen LogP contribution in [-0.4, -0.2) is 35.5 Å². The van der Waals surface area contributed by atoms with Gasteiger partial charge in [0.2, 0.25) is 0 Å². The maximum Gasteiger partial charge on any atom is 0.303 e. The summed E-state index contributed by atoms with van der Waals surface area (Å²) < 4.78 is 12.8. The first-order valence-electron chi connectivity index (χ1n) is 14.6. The van der Waals surface area contributed by atoms with Crippen LogP contribution in [-0.2, 0) is 14.3 Å². The Hall–Kier alpha value is -1.13. The minimum absolute atomic E-state index is 0.0384. The third-order valence-electron chi connectivity index (χ3n) is 12.3. The van der Waals surface area contributed by atoms with Gasteiger partial charge in [-0.1, -0.05) is 64.3 Å². The zero-order valence-electron chi connectivity index (χ0n) is 24.2. The normalized spacial score (nSPS) is 49.3. The highest BCUT2D eigenvalue weighted by Gasteiger charge is 2.68. The molecule has 5 aliphatic rings. The Morgan fingerprint density at radius 1 is 1.03 bits per heavy atom. The molecule has 10 unspecified atom stereocenters. The van der Waals surface area contributed by atoms with E-state index < -0.39 is 0 Å². The molecule has 0 amide bonds. The summed E-state index contributed by atoms with van der Waals surface area (Å²) in [5.74, 6) is 0.944. The van der Waals surface area contributed by atoms with E-state index in [0.29, 0.717) is 11.8 Å². The molecule has 0 radical (unpaired) electrons. The summed E-state index contributed by atoms with van der Waals surface area (Å²) in [4.78, 5) is 12.1. The van der Waals surface area contributed by atoms with Crippen molar-refractivity contribution in [2.75, 3.05) is 0 Å². The fraction of sp³-hybridized carbons (Fsp3) is 0.844. The Morgan fingerprint density at radius 3 is 2.36 bits per heavy atom. The molecule has 36 heavy (non-hydrogen) atoms. The Balaban J connectivity index is 1.56. The van der Waals surface area contributed by atoms with E-state index in [-0.39, 0.29) is 58.0 Å². The lowest BCUT2D eigenvalue weighted by Gasteiger charge is -2.62. The van der Waals surface area contributed by atoms with Gasteiger partial charge in [-0.3, -0.25) is 4.79 Å². The lowest BCUT2D eigenvalue weighted by molar-refractivity contribution is -0.191. The Kier molecular flexibility index (Phi) is 6.20. The largest absolute Gasteiger partial charge is 0.459 e. The van der Waals surface area contributed by atoms with E-state index in [9.17, 15) is 9.90 Å². The molecule has 4 heteroatoms. The number of rotatable bonds is 2. The fourth-order valence-electron chi connectivity index (χ4n) is 10.4. The lowest BCUT2D eigenvalue weighted by atomic mass is 9.43. The number of hydrogen-bond acceptors (Lipinski definition) is 4. The molecular weight excluding hydrogens is 448 g/mol. The van der Waals surface area contributed by atoms with Crippen LogP contribution in [0.2, 0.25) is 0 Å². The van der Waals surface area contributed by atoms with E-state index in [0.717, 1.165) is 32.1 Å². The number of carbonyl (C=O) groups excluding carboxylic acids is 1. The molecule has 0 aromatic rings. The molecule has 10 atom stereocenters. The highest BCUT2D eigenvalue weighted by atomic mass is 16.6. The second kappa shape index (κ2) is 8.43. The van der Waals surface area contributed by atoms with Gasteiger partial charge in [-0.2, -0.15) is 0 Å². The van der Waals surface area contributed by atoms with E-state index in [4.69, 9.17) is 9.47 Å². The number of fused-ring (bicyclic) bond motifs is 6. The summed E-state index contributed by atoms with van der Waals surface area (Å²) in [6.07, 6.45) is 9.46. The van der Waals surface area contributed by atoms with Gasteiger partial charge in [0.25, 0.3) is 0 Å². The number of hydrogen-bond donors (Lipinski definition) is 1. The lowest BCUT2D eigenvalue weighted by Crippen LogP contribution is -2.56. The average Bonchev–Trinajstić information content (AvgIpc) is 3.00. The highest BCUT2D eigenvalue weighted by molar-refractivity contribution is 5.66. The molecule has 1 aliphatic heterocycles. The zero-order valence-corrected chi connectivity index (χ0v) is 24.2. The van der Waals surface area contributed by atoms with Crippen LogP contribution >= 0.6 is 0 Å². The molecule has 2 saturated carbocycles. The molecule has 0 spiro atoms. The number of aliphatic hydroxyl groups excluding tert-OH is 1. The molecule has 5 rings (SSSR count). The number of aliphatic hydroxyl groups is 1. The molecule has 4 nitrogen and oxygen atoms in total. The van der Waals surface area contributed by atoms with Crippen molar-refractivity contribution < 1.29 is 19.4 Å². The maximum atomic E-state index is 12.1. The predicted octanol–water partition coefficient (Wildman–Crippen LogP) is 7.01. The minimum atomic E-state index is -0.234. The smallest absolute Gasteiger partial charge is 0.303 e. The van der Waals surface area contributed by atoms with Gasteiger partial charge in [-0.05, 0) is 92.3 Å². The van der Waals surface area contributed by atoms with Crippen LogP contribution in [0.3, 0.4) is 0 Å². The average molecular weight is 499 g/mol. The number of esters is 1. The zero-order chi connectivity index (χ0) is 26.4. The van der Waals surface area contributed by atoms with Crippen LogP contribution in [0.1, 0.15) is 107 Å². The molecular formula is C32H50O4. The first-order valence-corrected chi connectivity index (χ1v) is 14.6. The topological polar surface area (TPSA) is 55.8 Å². The van der Waals surface area contributed by atoms with Crippen molar-refractivity contribution in [1.29, 1.82) is 0 Å². The van der Waals surface area contributed by atoms with Crippen LogP contribution in [0, 0.1) is 39.4 Å². The quantitative estimate of drug-likeness (QED) is 0.329. The molecule has 4 aliphatic carbocycles. The summed E-state index contributed by atoms with van der Waals surface area (Å²) >= 11 is 0. The molecule has 1 heterocycles. The van der Waals surface area contributed by atoms with Crippen LogP contribution < -0.4 is 0 Å². The summed E-state index contributed by atoms with van der Waals surface area (Å²) in [6, 6.07) is 0. The van der Waals surface area contributed by atoms with Crippen molar-refractivity contribution in [2.24, 2.45) is 39.4 Å². The van der Waals surface area contributed by atoms with E-state index in [2.05, 4.69) is 61.5 Å². The summed E-state index contributed by atoms with van der Waals surface area (Å²) in [5, 5.41) is 10.9. The van der Waals surface area contributed by atoms with Crippen LogP contribution in [0.25, 0.3) is 0 Å². The van der Waals surface area contributed by atoms with E-state index >= 15 is 0 Å². The van der Waals surface area contributed by atoms with Gasteiger partial charge >= 0.3 is 5.97 Å². The molecule has 1 saturated heterocycles. The third kappa shape index (κ3) is 3.49. The second-order valence-electron chi connectivity index (χ2n) is 14.6. The van der Waals surface area contributed by atoms with Crippen molar-refractivity contribution in [1.82, 2.24) is 0 Å². The molecule has 0 aromatic carbocycles. The molecule has 0 bridgehead atoms.